The predicted molar refractivity (Wildman–Crippen MR) is 90.4 cm³/mol. The predicted octanol–water partition coefficient (Wildman–Crippen LogP) is -3.30. The zero-order valence-corrected chi connectivity index (χ0v) is 14.7. The molecule has 0 aliphatic rings. The van der Waals surface area contributed by atoms with Crippen LogP contribution in [-0.4, -0.2) is 64.6 Å². The molecule has 0 aliphatic carbocycles. The summed E-state index contributed by atoms with van der Waals surface area (Å²) in [5, 5.41) is 15.6. The van der Waals surface area contributed by atoms with Gasteiger partial charge >= 0.3 is 5.97 Å². The van der Waals surface area contributed by atoms with Crippen molar-refractivity contribution in [3.05, 3.63) is 0 Å². The Labute approximate surface area is 149 Å². The number of carbonyl (C=O) groups is 5. The first-order chi connectivity index (χ1) is 11.5. The fourth-order valence-corrected chi connectivity index (χ4v) is 1.82. The van der Waals surface area contributed by atoms with Crippen LogP contribution >= 0.6 is 12.6 Å². The van der Waals surface area contributed by atoms with Gasteiger partial charge in [0.25, 0.3) is 0 Å². The van der Waals surface area contributed by atoms with Crippen LogP contribution in [0.4, 0.5) is 0 Å². The molecule has 0 rings (SSSR count). The molecule has 12 heteroatoms. The van der Waals surface area contributed by atoms with Crippen molar-refractivity contribution in [2.24, 2.45) is 11.5 Å². The average molecular weight is 377 g/mol. The molecule has 0 heterocycles. The molecule has 0 aromatic carbocycles. The van der Waals surface area contributed by atoms with Gasteiger partial charge in [0.15, 0.2) is 0 Å². The van der Waals surface area contributed by atoms with Gasteiger partial charge < -0.3 is 32.5 Å². The quantitative estimate of drug-likeness (QED) is 0.194. The lowest BCUT2D eigenvalue weighted by Gasteiger charge is -2.22. The Morgan fingerprint density at radius 2 is 1.48 bits per heavy atom. The van der Waals surface area contributed by atoms with Gasteiger partial charge in [-0.15, -0.1) is 0 Å². The summed E-state index contributed by atoms with van der Waals surface area (Å²) in [6.07, 6.45) is -0.493. The van der Waals surface area contributed by atoms with Gasteiger partial charge in [0, 0.05) is 5.75 Å². The second kappa shape index (κ2) is 10.5. The minimum atomic E-state index is -1.31. The summed E-state index contributed by atoms with van der Waals surface area (Å²) in [7, 11) is 0. The molecular weight excluding hydrogens is 354 g/mol. The van der Waals surface area contributed by atoms with E-state index in [2.05, 4.69) is 28.6 Å². The van der Waals surface area contributed by atoms with Crippen LogP contribution in [0.1, 0.15) is 20.3 Å². The highest BCUT2D eigenvalue weighted by molar-refractivity contribution is 7.80. The van der Waals surface area contributed by atoms with Gasteiger partial charge in [0.2, 0.25) is 23.6 Å². The van der Waals surface area contributed by atoms with Gasteiger partial charge in [-0.05, 0) is 13.8 Å². The van der Waals surface area contributed by atoms with Gasteiger partial charge in [-0.2, -0.15) is 12.6 Å². The summed E-state index contributed by atoms with van der Waals surface area (Å²) in [6.45, 7) is 2.69. The number of thiol groups is 1. The first-order valence-corrected chi connectivity index (χ1v) is 7.91. The van der Waals surface area contributed by atoms with Crippen molar-refractivity contribution in [3.63, 3.8) is 0 Å². The molecule has 0 radical (unpaired) electrons. The lowest BCUT2D eigenvalue weighted by atomic mass is 10.1. The Kier molecular flexibility index (Phi) is 9.53. The topological polar surface area (TPSA) is 194 Å². The van der Waals surface area contributed by atoms with Gasteiger partial charge in [0.05, 0.1) is 12.5 Å². The highest BCUT2D eigenvalue weighted by Gasteiger charge is 2.28. The van der Waals surface area contributed by atoms with E-state index in [1.807, 2.05) is 0 Å². The van der Waals surface area contributed by atoms with Gasteiger partial charge in [-0.25, -0.2) is 4.79 Å². The van der Waals surface area contributed by atoms with Crippen LogP contribution in [0.3, 0.4) is 0 Å². The van der Waals surface area contributed by atoms with Crippen molar-refractivity contribution in [1.29, 1.82) is 0 Å². The molecule has 0 bridgehead atoms. The standard InChI is InChI=1S/C13H23N5O6S/c1-5(14)10(20)17-7(3-9(15)19)12(22)16-6(2)11(21)18-8(4-25)13(23)24/h5-8,25H,3-4,14H2,1-2H3,(H2,15,19)(H,16,22)(H,17,20)(H,18,21)(H,23,24). The summed E-state index contributed by atoms with van der Waals surface area (Å²) in [6, 6.07) is -4.59. The number of primary amides is 1. The zero-order chi connectivity index (χ0) is 19.7. The molecule has 11 nitrogen and oxygen atoms in total. The van der Waals surface area contributed by atoms with Crippen LogP contribution in [0.25, 0.3) is 0 Å². The van der Waals surface area contributed by atoms with E-state index < -0.39 is 60.2 Å². The summed E-state index contributed by atoms with van der Waals surface area (Å²) in [5.41, 5.74) is 10.4. The average Bonchev–Trinajstić information content (AvgIpc) is 2.50. The Hall–Kier alpha value is -2.34. The van der Waals surface area contributed by atoms with Gasteiger partial charge in [-0.1, -0.05) is 0 Å². The van der Waals surface area contributed by atoms with E-state index >= 15 is 0 Å². The molecule has 0 aromatic rings. The van der Waals surface area contributed by atoms with Crippen molar-refractivity contribution in [2.75, 3.05) is 5.75 Å². The second-order valence-corrected chi connectivity index (χ2v) is 5.70. The molecule has 142 valence electrons. The summed E-state index contributed by atoms with van der Waals surface area (Å²) >= 11 is 3.80. The molecule has 4 atom stereocenters. The number of carbonyl (C=O) groups excluding carboxylic acids is 4. The van der Waals surface area contributed by atoms with Crippen LogP contribution in [-0.2, 0) is 24.0 Å². The number of carboxylic acid groups (broad SMARTS) is 1. The molecule has 0 spiro atoms. The highest BCUT2D eigenvalue weighted by Crippen LogP contribution is 1.97. The lowest BCUT2D eigenvalue weighted by molar-refractivity contribution is -0.141. The third-order valence-corrected chi connectivity index (χ3v) is 3.37. The van der Waals surface area contributed by atoms with E-state index in [0.717, 1.165) is 0 Å². The summed E-state index contributed by atoms with van der Waals surface area (Å²) in [4.78, 5) is 57.6. The van der Waals surface area contributed by atoms with Crippen LogP contribution in [0.2, 0.25) is 0 Å². The first-order valence-electron chi connectivity index (χ1n) is 7.28. The van der Waals surface area contributed by atoms with Crippen molar-refractivity contribution in [3.8, 4) is 0 Å². The Bertz CT molecular complexity index is 541. The van der Waals surface area contributed by atoms with Gasteiger partial charge in [0.1, 0.15) is 18.1 Å². The zero-order valence-electron chi connectivity index (χ0n) is 13.8. The molecule has 0 aliphatic heterocycles. The molecule has 0 aromatic heterocycles. The molecule has 0 saturated carbocycles. The van der Waals surface area contributed by atoms with E-state index in [4.69, 9.17) is 16.6 Å². The number of hydrogen-bond acceptors (Lipinski definition) is 7. The fraction of sp³-hybridized carbons (Fsp3) is 0.615. The first kappa shape index (κ1) is 22.7. The van der Waals surface area contributed by atoms with Crippen LogP contribution in [0.5, 0.6) is 0 Å². The van der Waals surface area contributed by atoms with E-state index in [-0.39, 0.29) is 5.75 Å². The maximum atomic E-state index is 12.2. The summed E-state index contributed by atoms with van der Waals surface area (Å²) < 4.78 is 0. The number of carboxylic acids is 1. The van der Waals surface area contributed by atoms with E-state index in [9.17, 15) is 24.0 Å². The molecule has 8 N–H and O–H groups in total. The van der Waals surface area contributed by atoms with E-state index in [0.29, 0.717) is 0 Å². The third kappa shape index (κ3) is 8.35. The molecular formula is C13H23N5O6S. The minimum absolute atomic E-state index is 0.142. The summed E-state index contributed by atoms with van der Waals surface area (Å²) in [5.74, 6) is -4.56. The van der Waals surface area contributed by atoms with Crippen LogP contribution in [0.15, 0.2) is 0 Å². The van der Waals surface area contributed by atoms with Crippen LogP contribution in [0, 0.1) is 0 Å². The van der Waals surface area contributed by atoms with Crippen molar-refractivity contribution in [2.45, 2.75) is 44.4 Å². The molecule has 0 fully saturated rings. The highest BCUT2D eigenvalue weighted by atomic mass is 32.1. The van der Waals surface area contributed by atoms with E-state index in [1.54, 1.807) is 0 Å². The Morgan fingerprint density at radius 1 is 0.960 bits per heavy atom. The van der Waals surface area contributed by atoms with Crippen molar-refractivity contribution >= 4 is 42.2 Å². The molecule has 25 heavy (non-hydrogen) atoms. The number of amides is 4. The Balaban J connectivity index is 4.90. The third-order valence-electron chi connectivity index (χ3n) is 3.00. The second-order valence-electron chi connectivity index (χ2n) is 5.33. The fourth-order valence-electron chi connectivity index (χ4n) is 1.58. The number of aliphatic carboxylic acids is 1. The smallest absolute Gasteiger partial charge is 0.327 e. The maximum absolute atomic E-state index is 12.2. The van der Waals surface area contributed by atoms with Crippen molar-refractivity contribution < 1.29 is 29.1 Å². The number of nitrogens with two attached hydrogens (primary N) is 2. The Morgan fingerprint density at radius 3 is 1.88 bits per heavy atom. The largest absolute Gasteiger partial charge is 0.480 e. The SMILES string of the molecule is CC(N)C(=O)NC(CC(N)=O)C(=O)NC(C)C(=O)NC(CS)C(=O)O. The van der Waals surface area contributed by atoms with Gasteiger partial charge in [-0.3, -0.25) is 19.2 Å². The van der Waals surface area contributed by atoms with Crippen molar-refractivity contribution in [1.82, 2.24) is 16.0 Å². The molecule has 0 saturated heterocycles. The number of nitrogens with one attached hydrogen (secondary N) is 3. The number of rotatable bonds is 10. The normalized spacial score (nSPS) is 15.2. The van der Waals surface area contributed by atoms with E-state index in [1.165, 1.54) is 13.8 Å². The number of hydrogen-bond donors (Lipinski definition) is 7. The molecule has 4 amide bonds. The molecule has 4 unspecified atom stereocenters. The van der Waals surface area contributed by atoms with Crippen LogP contribution < -0.4 is 27.4 Å². The monoisotopic (exact) mass is 377 g/mol. The minimum Gasteiger partial charge on any atom is -0.480 e. The lowest BCUT2D eigenvalue weighted by Crippen LogP contribution is -2.56. The maximum Gasteiger partial charge on any atom is 0.327 e.